The van der Waals surface area contributed by atoms with Gasteiger partial charge in [-0.25, -0.2) is 9.59 Å². The number of unbranched alkanes of at least 4 members (excludes halogenated alkanes) is 13. The monoisotopic (exact) mass is 1130 g/mol. The SMILES string of the molecule is CCCCCCCCOc1ccc(-c2ccc(C(=O)Oc3ccc4cc(C(C)C(=O)OCCCCCCOC(=O)C(C)c5ccc6cc(OC(=O)c7ccc(-c8ccc(OCCCCCCCC)cc8)cc7)ccc6c5)ccc4c3)cc2)cc1. The van der Waals surface area contributed by atoms with Crippen molar-refractivity contribution in [1.29, 1.82) is 0 Å². The Kier molecular flexibility index (Phi) is 24.0. The Bertz CT molecular complexity index is 3140. The molecule has 0 saturated carbocycles. The van der Waals surface area contributed by atoms with Crippen molar-refractivity contribution >= 4 is 45.4 Å². The van der Waals surface area contributed by atoms with Crippen LogP contribution in [0.25, 0.3) is 43.8 Å². The van der Waals surface area contributed by atoms with E-state index in [0.717, 1.165) is 105 Å². The zero-order valence-electron chi connectivity index (χ0n) is 49.5. The van der Waals surface area contributed by atoms with Crippen LogP contribution in [-0.2, 0) is 19.1 Å². The summed E-state index contributed by atoms with van der Waals surface area (Å²) in [5.41, 5.74) is 6.64. The molecule has 0 N–H and O–H groups in total. The van der Waals surface area contributed by atoms with E-state index in [1.807, 2.05) is 147 Å². The van der Waals surface area contributed by atoms with E-state index in [4.69, 9.17) is 28.4 Å². The summed E-state index contributed by atoms with van der Waals surface area (Å²) < 4.78 is 34.7. The number of esters is 4. The smallest absolute Gasteiger partial charge is 0.343 e. The Labute approximate surface area is 496 Å². The Morgan fingerprint density at radius 2 is 0.619 bits per heavy atom. The molecule has 0 saturated heterocycles. The third kappa shape index (κ3) is 18.6. The summed E-state index contributed by atoms with van der Waals surface area (Å²) in [4.78, 5) is 52.4. The quantitative estimate of drug-likeness (QED) is 0.0223. The van der Waals surface area contributed by atoms with E-state index in [2.05, 4.69) is 13.8 Å². The minimum Gasteiger partial charge on any atom is -0.494 e. The third-order valence-electron chi connectivity index (χ3n) is 15.5. The Morgan fingerprint density at radius 3 is 0.988 bits per heavy atom. The fourth-order valence-electron chi connectivity index (χ4n) is 10.1. The van der Waals surface area contributed by atoms with Crippen LogP contribution in [0.15, 0.2) is 170 Å². The molecule has 8 aromatic carbocycles. The van der Waals surface area contributed by atoms with Crippen molar-refractivity contribution in [2.75, 3.05) is 26.4 Å². The van der Waals surface area contributed by atoms with E-state index in [1.54, 1.807) is 36.4 Å². The molecule has 0 spiro atoms. The zero-order valence-corrected chi connectivity index (χ0v) is 49.5. The second-order valence-corrected chi connectivity index (χ2v) is 21.9. The van der Waals surface area contributed by atoms with Crippen LogP contribution in [0.4, 0.5) is 0 Å². The summed E-state index contributed by atoms with van der Waals surface area (Å²) in [7, 11) is 0. The molecule has 0 aliphatic heterocycles. The minimum atomic E-state index is -0.465. The third-order valence-corrected chi connectivity index (χ3v) is 15.5. The molecular formula is C74H82O10. The highest BCUT2D eigenvalue weighted by Crippen LogP contribution is 2.31. The molecule has 0 aromatic heterocycles. The molecule has 0 bridgehead atoms. The molecule has 84 heavy (non-hydrogen) atoms. The average molecular weight is 1130 g/mol. The summed E-state index contributed by atoms with van der Waals surface area (Å²) in [6, 6.07) is 53.4. The lowest BCUT2D eigenvalue weighted by molar-refractivity contribution is -0.146. The highest BCUT2D eigenvalue weighted by atomic mass is 16.5. The second kappa shape index (κ2) is 32.6. The van der Waals surface area contributed by atoms with Gasteiger partial charge >= 0.3 is 23.9 Å². The highest BCUT2D eigenvalue weighted by molar-refractivity contribution is 5.94. The number of hydrogen-bond acceptors (Lipinski definition) is 10. The van der Waals surface area contributed by atoms with Gasteiger partial charge in [-0.1, -0.05) is 175 Å². The lowest BCUT2D eigenvalue weighted by Gasteiger charge is -2.14. The number of ether oxygens (including phenoxy) is 6. The molecule has 8 aromatic rings. The van der Waals surface area contributed by atoms with Crippen molar-refractivity contribution in [2.45, 2.75) is 142 Å². The minimum absolute atomic E-state index is 0.295. The largest absolute Gasteiger partial charge is 0.494 e. The van der Waals surface area contributed by atoms with Crippen molar-refractivity contribution in [3.8, 4) is 45.3 Å². The Morgan fingerprint density at radius 1 is 0.321 bits per heavy atom. The normalized spacial score (nSPS) is 11.9. The van der Waals surface area contributed by atoms with Gasteiger partial charge in [0, 0.05) is 0 Å². The van der Waals surface area contributed by atoms with E-state index in [0.29, 0.717) is 48.7 Å². The summed E-state index contributed by atoms with van der Waals surface area (Å²) >= 11 is 0. The predicted octanol–water partition coefficient (Wildman–Crippen LogP) is 18.8. The van der Waals surface area contributed by atoms with Gasteiger partial charge in [-0.2, -0.15) is 0 Å². The van der Waals surface area contributed by atoms with Crippen molar-refractivity contribution in [2.24, 2.45) is 0 Å². The van der Waals surface area contributed by atoms with Crippen LogP contribution < -0.4 is 18.9 Å². The van der Waals surface area contributed by atoms with Crippen LogP contribution in [0, 0.1) is 0 Å². The average Bonchev–Trinajstić information content (AvgIpc) is 3.62. The van der Waals surface area contributed by atoms with E-state index in [1.165, 1.54) is 64.2 Å². The molecule has 0 amide bonds. The van der Waals surface area contributed by atoms with E-state index in [-0.39, 0.29) is 11.9 Å². The Balaban J connectivity index is 0.690. The molecule has 2 atom stereocenters. The van der Waals surface area contributed by atoms with Crippen molar-refractivity contribution in [1.82, 2.24) is 0 Å². The van der Waals surface area contributed by atoms with Crippen LogP contribution in [0.2, 0.25) is 0 Å². The number of benzene rings is 8. The van der Waals surface area contributed by atoms with Crippen molar-refractivity contribution in [3.63, 3.8) is 0 Å². The molecule has 0 aliphatic rings. The maximum absolute atomic E-state index is 13.1. The highest BCUT2D eigenvalue weighted by Gasteiger charge is 2.20. The van der Waals surface area contributed by atoms with Gasteiger partial charge in [-0.3, -0.25) is 9.59 Å². The number of carbonyl (C=O) groups is 4. The first-order valence-corrected chi connectivity index (χ1v) is 30.6. The lowest BCUT2D eigenvalue weighted by Crippen LogP contribution is -2.14. The van der Waals surface area contributed by atoms with Crippen LogP contribution in [0.1, 0.15) is 174 Å². The van der Waals surface area contributed by atoms with Gasteiger partial charge in [0.25, 0.3) is 0 Å². The summed E-state index contributed by atoms with van der Waals surface area (Å²) in [5, 5.41) is 3.59. The fourth-order valence-corrected chi connectivity index (χ4v) is 10.1. The maximum Gasteiger partial charge on any atom is 0.343 e. The van der Waals surface area contributed by atoms with E-state index in [9.17, 15) is 19.2 Å². The van der Waals surface area contributed by atoms with Crippen molar-refractivity contribution in [3.05, 3.63) is 192 Å². The van der Waals surface area contributed by atoms with Gasteiger partial charge in [-0.15, -0.1) is 0 Å². The molecule has 2 unspecified atom stereocenters. The number of carbonyl (C=O) groups excluding carboxylic acids is 4. The molecule has 0 aliphatic carbocycles. The summed E-state index contributed by atoms with van der Waals surface area (Å²) in [6.07, 6.45) is 17.8. The number of fused-ring (bicyclic) bond motifs is 2. The summed E-state index contributed by atoms with van der Waals surface area (Å²) in [5.74, 6) is 0.180. The lowest BCUT2D eigenvalue weighted by atomic mass is 9.98. The van der Waals surface area contributed by atoms with Gasteiger partial charge in [0.2, 0.25) is 0 Å². The topological polar surface area (TPSA) is 124 Å². The van der Waals surface area contributed by atoms with E-state index >= 15 is 0 Å². The number of hydrogen-bond donors (Lipinski definition) is 0. The van der Waals surface area contributed by atoms with Crippen LogP contribution in [0.5, 0.6) is 23.0 Å². The second-order valence-electron chi connectivity index (χ2n) is 21.9. The Hall–Kier alpha value is -8.24. The molecule has 0 radical (unpaired) electrons. The van der Waals surface area contributed by atoms with Gasteiger partial charge in [-0.05, 0) is 180 Å². The van der Waals surface area contributed by atoms with Crippen molar-refractivity contribution < 1.29 is 47.6 Å². The molecule has 10 heteroatoms. The van der Waals surface area contributed by atoms with Crippen LogP contribution in [0.3, 0.4) is 0 Å². The van der Waals surface area contributed by atoms with Crippen LogP contribution in [-0.4, -0.2) is 50.3 Å². The van der Waals surface area contributed by atoms with Crippen LogP contribution >= 0.6 is 0 Å². The maximum atomic E-state index is 13.1. The molecule has 0 fully saturated rings. The molecule has 8 rings (SSSR count). The first-order valence-electron chi connectivity index (χ1n) is 30.6. The van der Waals surface area contributed by atoms with Gasteiger partial charge in [0.1, 0.15) is 23.0 Å². The fraction of sp³-hybridized carbons (Fsp3) is 0.351. The molecule has 0 heterocycles. The summed E-state index contributed by atoms with van der Waals surface area (Å²) in [6.45, 7) is 10.2. The zero-order chi connectivity index (χ0) is 58.9. The molecule has 10 nitrogen and oxygen atoms in total. The van der Waals surface area contributed by atoms with E-state index < -0.39 is 23.8 Å². The standard InChI is InChI=1S/C74H82O10/c1-5-7-9-11-13-17-45-79-67-39-33-57(34-40-67)55-21-25-59(26-22-55)73(77)83-69-43-37-63-49-61(29-31-65(63)51-69)53(3)71(75)81-47-19-15-16-20-48-82-72(76)54(4)62-30-32-66-52-70(44-38-64(66)50-62)84-74(78)60-27-23-56(24-28-60)58-35-41-68(42-36-58)80-46-18-14-12-10-8-6-2/h21-44,49-54H,5-20,45-48H2,1-4H3. The first-order chi connectivity index (χ1) is 41.0. The molecular weight excluding hydrogens is 1050 g/mol. The first kappa shape index (κ1) is 61.8. The van der Waals surface area contributed by atoms with Gasteiger partial charge in [0.15, 0.2) is 0 Å². The number of rotatable bonds is 33. The van der Waals surface area contributed by atoms with Gasteiger partial charge in [0.05, 0.1) is 49.4 Å². The predicted molar refractivity (Wildman–Crippen MR) is 337 cm³/mol. The molecule has 438 valence electrons. The van der Waals surface area contributed by atoms with Gasteiger partial charge < -0.3 is 28.4 Å².